The van der Waals surface area contributed by atoms with Gasteiger partial charge in [0.25, 0.3) is 0 Å². The topological polar surface area (TPSA) is 47.8 Å². The molecular weight excluding hydrogens is 282 g/mol. The van der Waals surface area contributed by atoms with Crippen LogP contribution in [-0.2, 0) is 6.42 Å². The van der Waals surface area contributed by atoms with E-state index in [2.05, 4.69) is 36.3 Å². The first-order chi connectivity index (χ1) is 10.2. The van der Waals surface area contributed by atoms with Gasteiger partial charge in [0.1, 0.15) is 5.69 Å². The molecule has 0 spiro atoms. The lowest BCUT2D eigenvalue weighted by molar-refractivity contribution is 0.111. The Balaban J connectivity index is 2.12. The van der Waals surface area contributed by atoms with E-state index in [1.54, 1.807) is 16.0 Å². The molecule has 3 aromatic rings. The molecule has 0 atom stereocenters. The van der Waals surface area contributed by atoms with E-state index in [0.717, 1.165) is 23.2 Å². The monoisotopic (exact) mass is 297 g/mol. The Kier molecular flexibility index (Phi) is 3.66. The first-order valence-corrected chi connectivity index (χ1v) is 7.57. The van der Waals surface area contributed by atoms with Gasteiger partial charge >= 0.3 is 0 Å². The molecule has 0 unspecified atom stereocenters. The second-order valence-electron chi connectivity index (χ2n) is 4.93. The van der Waals surface area contributed by atoms with Crippen molar-refractivity contribution in [2.45, 2.75) is 20.3 Å². The lowest BCUT2D eigenvalue weighted by atomic mass is 10.1. The number of hydrogen-bond acceptors (Lipinski definition) is 4. The van der Waals surface area contributed by atoms with E-state index in [9.17, 15) is 4.79 Å². The zero-order chi connectivity index (χ0) is 14.8. The first kappa shape index (κ1) is 13.7. The van der Waals surface area contributed by atoms with Crippen molar-refractivity contribution in [3.8, 4) is 5.69 Å². The Morgan fingerprint density at radius 2 is 2.10 bits per heavy atom. The summed E-state index contributed by atoms with van der Waals surface area (Å²) in [5.74, 6) is 0. The molecule has 0 fully saturated rings. The lowest BCUT2D eigenvalue weighted by Gasteiger charge is -2.11. The van der Waals surface area contributed by atoms with Crippen molar-refractivity contribution >= 4 is 17.6 Å². The van der Waals surface area contributed by atoms with Gasteiger partial charge < -0.3 is 0 Å². The summed E-state index contributed by atoms with van der Waals surface area (Å²) in [5, 5.41) is 10.2. The van der Waals surface area contributed by atoms with Gasteiger partial charge in [-0.25, -0.2) is 4.68 Å². The maximum Gasteiger partial charge on any atom is 0.172 e. The van der Waals surface area contributed by atoms with Crippen LogP contribution in [0, 0.1) is 13.8 Å². The average molecular weight is 297 g/mol. The van der Waals surface area contributed by atoms with Gasteiger partial charge in [0.2, 0.25) is 0 Å². The second-order valence-corrected chi connectivity index (χ2v) is 5.96. The van der Waals surface area contributed by atoms with Crippen molar-refractivity contribution < 1.29 is 4.79 Å². The lowest BCUT2D eigenvalue weighted by Crippen LogP contribution is -2.06. The fourth-order valence-electron chi connectivity index (χ4n) is 2.31. The summed E-state index contributed by atoms with van der Waals surface area (Å²) in [6.07, 6.45) is 1.43. The molecule has 5 heteroatoms. The molecule has 0 saturated carbocycles. The number of rotatable bonds is 4. The largest absolute Gasteiger partial charge is 0.296 e. The maximum atomic E-state index is 11.2. The first-order valence-electron chi connectivity index (χ1n) is 6.69. The van der Waals surface area contributed by atoms with Gasteiger partial charge in [0.05, 0.1) is 11.4 Å². The molecule has 2 aromatic heterocycles. The third-order valence-corrected chi connectivity index (χ3v) is 4.51. The highest BCUT2D eigenvalue weighted by molar-refractivity contribution is 7.09. The fraction of sp³-hybridized carbons (Fsp3) is 0.188. The van der Waals surface area contributed by atoms with E-state index < -0.39 is 0 Å². The molecule has 21 heavy (non-hydrogen) atoms. The molecule has 0 aliphatic carbocycles. The van der Waals surface area contributed by atoms with Crippen LogP contribution in [0.1, 0.15) is 32.2 Å². The highest BCUT2D eigenvalue weighted by Gasteiger charge is 2.16. The summed E-state index contributed by atoms with van der Waals surface area (Å²) >= 11 is 1.67. The van der Waals surface area contributed by atoms with Gasteiger partial charge in [-0.2, -0.15) is 0 Å². The summed E-state index contributed by atoms with van der Waals surface area (Å²) in [7, 11) is 0. The zero-order valence-electron chi connectivity index (χ0n) is 11.9. The van der Waals surface area contributed by atoms with Crippen LogP contribution in [0.5, 0.6) is 0 Å². The van der Waals surface area contributed by atoms with Crippen LogP contribution in [0.3, 0.4) is 0 Å². The molecule has 4 nitrogen and oxygen atoms in total. The molecule has 0 aliphatic rings. The Morgan fingerprint density at radius 1 is 1.24 bits per heavy atom. The molecule has 0 bridgehead atoms. The van der Waals surface area contributed by atoms with E-state index in [0.29, 0.717) is 12.1 Å². The molecule has 3 rings (SSSR count). The smallest absolute Gasteiger partial charge is 0.172 e. The van der Waals surface area contributed by atoms with E-state index in [1.165, 1.54) is 10.4 Å². The Labute approximate surface area is 127 Å². The second kappa shape index (κ2) is 5.61. The molecule has 0 saturated heterocycles. The Morgan fingerprint density at radius 3 is 2.81 bits per heavy atom. The Bertz CT molecular complexity index is 775. The molecular formula is C16H15N3OS. The van der Waals surface area contributed by atoms with Gasteiger partial charge in [0, 0.05) is 11.3 Å². The van der Waals surface area contributed by atoms with Crippen molar-refractivity contribution in [3.63, 3.8) is 0 Å². The minimum atomic E-state index is 0.407. The number of nitrogens with zero attached hydrogens (tertiary/aromatic N) is 3. The number of aryl methyl sites for hydroxylation is 1. The quantitative estimate of drug-likeness (QED) is 0.694. The minimum Gasteiger partial charge on any atom is -0.296 e. The molecule has 0 radical (unpaired) electrons. The number of hydrogen-bond donors (Lipinski definition) is 0. The van der Waals surface area contributed by atoms with Gasteiger partial charge in [-0.05, 0) is 42.5 Å². The normalized spacial score (nSPS) is 10.8. The maximum absolute atomic E-state index is 11.2. The predicted molar refractivity (Wildman–Crippen MR) is 83.3 cm³/mol. The van der Waals surface area contributed by atoms with Crippen LogP contribution in [0.25, 0.3) is 5.69 Å². The van der Waals surface area contributed by atoms with Crippen molar-refractivity contribution in [2.75, 3.05) is 0 Å². The minimum absolute atomic E-state index is 0.407. The van der Waals surface area contributed by atoms with Crippen LogP contribution < -0.4 is 0 Å². The van der Waals surface area contributed by atoms with Crippen LogP contribution in [0.4, 0.5) is 0 Å². The van der Waals surface area contributed by atoms with E-state index in [4.69, 9.17) is 0 Å². The number of carbonyl (C=O) groups is 1. The number of carbonyl (C=O) groups excluding carboxylic acids is 1. The summed E-state index contributed by atoms with van der Waals surface area (Å²) in [5.41, 5.74) is 4.55. The van der Waals surface area contributed by atoms with E-state index in [1.807, 2.05) is 23.6 Å². The standard InChI is InChI=1S/C16H15N3OS/c1-11-5-3-7-15(12(11)2)19-16(14(10-20)17-18-19)9-13-6-4-8-21-13/h3-8,10H,9H2,1-2H3. The van der Waals surface area contributed by atoms with Crippen molar-refractivity contribution in [1.29, 1.82) is 0 Å². The third-order valence-electron chi connectivity index (χ3n) is 3.63. The zero-order valence-corrected chi connectivity index (χ0v) is 12.7. The molecule has 1 aromatic carbocycles. The molecule has 0 amide bonds. The number of thiophene rings is 1. The van der Waals surface area contributed by atoms with Gasteiger partial charge in [-0.3, -0.25) is 4.79 Å². The molecule has 2 heterocycles. The fourth-order valence-corrected chi connectivity index (χ4v) is 3.02. The van der Waals surface area contributed by atoms with Gasteiger partial charge in [0.15, 0.2) is 6.29 Å². The number of benzene rings is 1. The van der Waals surface area contributed by atoms with Gasteiger partial charge in [-0.1, -0.05) is 23.4 Å². The van der Waals surface area contributed by atoms with Crippen molar-refractivity contribution in [1.82, 2.24) is 15.0 Å². The number of aldehydes is 1. The van der Waals surface area contributed by atoms with Crippen molar-refractivity contribution in [2.24, 2.45) is 0 Å². The van der Waals surface area contributed by atoms with Crippen LogP contribution >= 0.6 is 11.3 Å². The summed E-state index contributed by atoms with van der Waals surface area (Å²) < 4.78 is 1.78. The molecule has 0 aliphatic heterocycles. The third kappa shape index (κ3) is 2.52. The van der Waals surface area contributed by atoms with Gasteiger partial charge in [-0.15, -0.1) is 16.4 Å². The summed E-state index contributed by atoms with van der Waals surface area (Å²) in [4.78, 5) is 12.4. The molecule has 106 valence electrons. The number of aromatic nitrogens is 3. The highest BCUT2D eigenvalue weighted by atomic mass is 32.1. The summed E-state index contributed by atoms with van der Waals surface area (Å²) in [6.45, 7) is 4.12. The highest BCUT2D eigenvalue weighted by Crippen LogP contribution is 2.22. The predicted octanol–water partition coefficient (Wildman–Crippen LogP) is 3.35. The van der Waals surface area contributed by atoms with Crippen molar-refractivity contribution in [3.05, 3.63) is 63.1 Å². The summed E-state index contributed by atoms with van der Waals surface area (Å²) in [6, 6.07) is 10.1. The van der Waals surface area contributed by atoms with Crippen LogP contribution in [0.15, 0.2) is 35.7 Å². The van der Waals surface area contributed by atoms with E-state index >= 15 is 0 Å². The van der Waals surface area contributed by atoms with E-state index in [-0.39, 0.29) is 0 Å². The van der Waals surface area contributed by atoms with Crippen LogP contribution in [0.2, 0.25) is 0 Å². The molecule has 0 N–H and O–H groups in total. The van der Waals surface area contributed by atoms with Crippen LogP contribution in [-0.4, -0.2) is 21.3 Å². The average Bonchev–Trinajstić information content (AvgIpc) is 3.12. The Hall–Kier alpha value is -2.27. The SMILES string of the molecule is Cc1cccc(-n2nnc(C=O)c2Cc2cccs2)c1C.